The summed E-state index contributed by atoms with van der Waals surface area (Å²) in [6.45, 7) is 7.26. The van der Waals surface area contributed by atoms with Gasteiger partial charge in [-0.3, -0.25) is 4.90 Å². The Kier molecular flexibility index (Phi) is 4.45. The first-order valence-corrected chi connectivity index (χ1v) is 8.25. The predicted octanol–water partition coefficient (Wildman–Crippen LogP) is 3.26. The molecule has 0 saturated carbocycles. The Hall–Kier alpha value is -1.53. The first kappa shape index (κ1) is 14.4. The molecule has 1 aromatic rings. The van der Waals surface area contributed by atoms with Crippen molar-refractivity contribution in [2.45, 2.75) is 38.6 Å². The van der Waals surface area contributed by atoms with Gasteiger partial charge in [-0.15, -0.1) is 0 Å². The van der Waals surface area contributed by atoms with Crippen LogP contribution in [0.5, 0.6) is 0 Å². The van der Waals surface area contributed by atoms with Gasteiger partial charge in [-0.05, 0) is 62.4 Å². The number of nitriles is 1. The van der Waals surface area contributed by atoms with Crippen molar-refractivity contribution in [1.82, 2.24) is 4.90 Å². The summed E-state index contributed by atoms with van der Waals surface area (Å²) < 4.78 is 0. The molecule has 2 aliphatic heterocycles. The molecular weight excluding hydrogens is 258 g/mol. The Bertz CT molecular complexity index is 494. The second-order valence-electron chi connectivity index (χ2n) is 6.62. The quantitative estimate of drug-likeness (QED) is 0.834. The summed E-state index contributed by atoms with van der Waals surface area (Å²) in [5, 5.41) is 8.87. The first-order valence-electron chi connectivity index (χ1n) is 8.25. The number of likely N-dealkylation sites (tertiary alicyclic amines) is 1. The molecule has 21 heavy (non-hydrogen) atoms. The molecule has 1 atom stereocenters. The van der Waals surface area contributed by atoms with Crippen molar-refractivity contribution in [3.63, 3.8) is 0 Å². The summed E-state index contributed by atoms with van der Waals surface area (Å²) in [5.41, 5.74) is 2.01. The van der Waals surface area contributed by atoms with Gasteiger partial charge in [-0.2, -0.15) is 5.26 Å². The highest BCUT2D eigenvalue weighted by molar-refractivity contribution is 5.50. The van der Waals surface area contributed by atoms with Crippen LogP contribution in [0, 0.1) is 17.2 Å². The maximum Gasteiger partial charge on any atom is 0.0991 e. The average Bonchev–Trinajstić information content (AvgIpc) is 2.55. The lowest BCUT2D eigenvalue weighted by atomic mass is 9.95. The van der Waals surface area contributed by atoms with Gasteiger partial charge in [0.2, 0.25) is 0 Å². The van der Waals surface area contributed by atoms with Crippen LogP contribution in [0.3, 0.4) is 0 Å². The molecule has 0 amide bonds. The molecule has 0 aromatic heterocycles. The monoisotopic (exact) mass is 283 g/mol. The van der Waals surface area contributed by atoms with Crippen molar-refractivity contribution in [3.05, 3.63) is 29.8 Å². The van der Waals surface area contributed by atoms with Gasteiger partial charge in [0, 0.05) is 31.4 Å². The van der Waals surface area contributed by atoms with Crippen molar-refractivity contribution >= 4 is 5.69 Å². The van der Waals surface area contributed by atoms with E-state index in [0.717, 1.165) is 30.6 Å². The van der Waals surface area contributed by atoms with E-state index in [2.05, 4.69) is 34.9 Å². The van der Waals surface area contributed by atoms with E-state index in [1.165, 1.54) is 44.5 Å². The van der Waals surface area contributed by atoms with Crippen LogP contribution in [0.4, 0.5) is 5.69 Å². The number of benzene rings is 1. The smallest absolute Gasteiger partial charge is 0.0991 e. The third-order valence-corrected chi connectivity index (χ3v) is 5.03. The Labute approximate surface area is 128 Å². The van der Waals surface area contributed by atoms with Crippen LogP contribution in [0.15, 0.2) is 24.3 Å². The van der Waals surface area contributed by atoms with Crippen molar-refractivity contribution in [2.24, 2.45) is 5.92 Å². The Morgan fingerprint density at radius 2 is 1.76 bits per heavy atom. The van der Waals surface area contributed by atoms with Gasteiger partial charge in [-0.25, -0.2) is 0 Å². The van der Waals surface area contributed by atoms with Gasteiger partial charge in [0.1, 0.15) is 0 Å². The molecule has 3 heteroatoms. The zero-order valence-electron chi connectivity index (χ0n) is 13.0. The average molecular weight is 283 g/mol. The fraction of sp³-hybridized carbons (Fsp3) is 0.611. The van der Waals surface area contributed by atoms with Crippen LogP contribution in [0.25, 0.3) is 0 Å². The zero-order valence-corrected chi connectivity index (χ0v) is 13.0. The molecule has 0 radical (unpaired) electrons. The fourth-order valence-electron chi connectivity index (χ4n) is 3.79. The van der Waals surface area contributed by atoms with Gasteiger partial charge in [-0.1, -0.05) is 6.92 Å². The highest BCUT2D eigenvalue weighted by atomic mass is 15.2. The van der Waals surface area contributed by atoms with E-state index in [4.69, 9.17) is 5.26 Å². The van der Waals surface area contributed by atoms with Gasteiger partial charge in [0.05, 0.1) is 11.6 Å². The second-order valence-corrected chi connectivity index (χ2v) is 6.62. The molecule has 3 rings (SSSR count). The molecule has 0 aliphatic carbocycles. The van der Waals surface area contributed by atoms with Crippen LogP contribution >= 0.6 is 0 Å². The Morgan fingerprint density at radius 3 is 2.38 bits per heavy atom. The Morgan fingerprint density at radius 1 is 1.05 bits per heavy atom. The van der Waals surface area contributed by atoms with Gasteiger partial charge in [0.25, 0.3) is 0 Å². The summed E-state index contributed by atoms with van der Waals surface area (Å²) in [7, 11) is 0. The molecule has 2 heterocycles. The van der Waals surface area contributed by atoms with E-state index in [-0.39, 0.29) is 0 Å². The van der Waals surface area contributed by atoms with Crippen LogP contribution in [-0.2, 0) is 0 Å². The van der Waals surface area contributed by atoms with E-state index < -0.39 is 0 Å². The summed E-state index contributed by atoms with van der Waals surface area (Å²) in [5.74, 6) is 0.871. The minimum Gasteiger partial charge on any atom is -0.371 e. The van der Waals surface area contributed by atoms with Crippen molar-refractivity contribution in [2.75, 3.05) is 31.1 Å². The highest BCUT2D eigenvalue weighted by Crippen LogP contribution is 2.26. The number of hydrogen-bond acceptors (Lipinski definition) is 3. The van der Waals surface area contributed by atoms with Crippen LogP contribution in [0.1, 0.15) is 38.2 Å². The lowest BCUT2D eigenvalue weighted by molar-refractivity contribution is 0.112. The largest absolute Gasteiger partial charge is 0.371 e. The van der Waals surface area contributed by atoms with E-state index in [1.807, 2.05) is 12.1 Å². The molecule has 2 aliphatic rings. The van der Waals surface area contributed by atoms with Crippen LogP contribution in [-0.4, -0.2) is 37.1 Å². The van der Waals surface area contributed by atoms with Crippen molar-refractivity contribution in [1.29, 1.82) is 5.26 Å². The lowest BCUT2D eigenvalue weighted by Crippen LogP contribution is -2.48. The molecule has 3 nitrogen and oxygen atoms in total. The Balaban J connectivity index is 1.56. The maximum atomic E-state index is 8.87. The number of anilines is 1. The topological polar surface area (TPSA) is 30.3 Å². The summed E-state index contributed by atoms with van der Waals surface area (Å²) in [6.07, 6.45) is 5.32. The summed E-state index contributed by atoms with van der Waals surface area (Å²) >= 11 is 0. The normalized spacial score (nSPS) is 24.8. The third kappa shape index (κ3) is 3.39. The molecule has 0 spiro atoms. The van der Waals surface area contributed by atoms with Crippen LogP contribution < -0.4 is 4.90 Å². The highest BCUT2D eigenvalue weighted by Gasteiger charge is 2.27. The van der Waals surface area contributed by atoms with Crippen molar-refractivity contribution in [3.8, 4) is 6.07 Å². The molecule has 1 aromatic carbocycles. The van der Waals surface area contributed by atoms with Gasteiger partial charge >= 0.3 is 0 Å². The predicted molar refractivity (Wildman–Crippen MR) is 86.4 cm³/mol. The van der Waals surface area contributed by atoms with E-state index in [0.29, 0.717) is 0 Å². The molecule has 112 valence electrons. The SMILES string of the molecule is CC1CCCN(C2CCN(c3ccc(C#N)cc3)CC2)C1. The lowest BCUT2D eigenvalue weighted by Gasteiger charge is -2.42. The molecule has 1 unspecified atom stereocenters. The van der Waals surface area contributed by atoms with Gasteiger partial charge in [0.15, 0.2) is 0 Å². The molecule has 2 fully saturated rings. The number of nitrogens with zero attached hydrogens (tertiary/aromatic N) is 3. The minimum atomic E-state index is 0.746. The van der Waals surface area contributed by atoms with E-state index in [9.17, 15) is 0 Å². The van der Waals surface area contributed by atoms with E-state index in [1.54, 1.807) is 0 Å². The summed E-state index contributed by atoms with van der Waals surface area (Å²) in [6, 6.07) is 11.0. The molecule has 0 bridgehead atoms. The number of hydrogen-bond donors (Lipinski definition) is 0. The molecule has 0 N–H and O–H groups in total. The zero-order chi connectivity index (χ0) is 14.7. The molecular formula is C18H25N3. The number of rotatable bonds is 2. The standard InChI is InChI=1S/C18H25N3/c1-15-3-2-10-21(14-15)18-8-11-20(12-9-18)17-6-4-16(13-19)5-7-17/h4-7,15,18H,2-3,8-12,14H2,1H3. The second kappa shape index (κ2) is 6.49. The summed E-state index contributed by atoms with van der Waals surface area (Å²) in [4.78, 5) is 5.19. The molecule has 2 saturated heterocycles. The van der Waals surface area contributed by atoms with Crippen molar-refractivity contribution < 1.29 is 0 Å². The third-order valence-electron chi connectivity index (χ3n) is 5.03. The number of piperidine rings is 2. The van der Waals surface area contributed by atoms with Gasteiger partial charge < -0.3 is 4.90 Å². The minimum absolute atomic E-state index is 0.746. The first-order chi connectivity index (χ1) is 10.3. The van der Waals surface area contributed by atoms with Crippen LogP contribution in [0.2, 0.25) is 0 Å². The maximum absolute atomic E-state index is 8.87. The van der Waals surface area contributed by atoms with E-state index >= 15 is 0 Å². The fourth-order valence-corrected chi connectivity index (χ4v) is 3.79.